The summed E-state index contributed by atoms with van der Waals surface area (Å²) in [5.41, 5.74) is 3.82. The van der Waals surface area contributed by atoms with E-state index in [-0.39, 0.29) is 29.8 Å². The molecule has 0 aromatic heterocycles. The topological polar surface area (TPSA) is 52.7 Å². The predicted molar refractivity (Wildman–Crippen MR) is 137 cm³/mol. The minimum atomic E-state index is -0.150. The first-order chi connectivity index (χ1) is 16.4. The van der Waals surface area contributed by atoms with E-state index in [4.69, 9.17) is 0 Å². The fraction of sp³-hybridized carbons (Fsp3) is 0.517. The van der Waals surface area contributed by atoms with Crippen LogP contribution in [0.5, 0.6) is 0 Å². The molecule has 0 radical (unpaired) electrons. The smallest absolute Gasteiger partial charge is 0.317 e. The molecule has 0 aliphatic carbocycles. The van der Waals surface area contributed by atoms with Gasteiger partial charge in [0.05, 0.1) is 5.92 Å². The molecule has 2 aliphatic rings. The highest BCUT2D eigenvalue weighted by Crippen LogP contribution is 2.33. The number of carbonyl (C=O) groups excluding carboxylic acids is 2. The van der Waals surface area contributed by atoms with Crippen LogP contribution in [0.2, 0.25) is 0 Å². The lowest BCUT2D eigenvalue weighted by Gasteiger charge is -2.41. The molecule has 34 heavy (non-hydrogen) atoms. The third-order valence-corrected chi connectivity index (χ3v) is 7.31. The normalized spacial score (nSPS) is 21.5. The summed E-state index contributed by atoms with van der Waals surface area (Å²) in [6.45, 7) is 8.84. The largest absolute Gasteiger partial charge is 0.342 e. The molecule has 0 saturated carbocycles. The molecule has 5 nitrogen and oxygen atoms in total. The second-order valence-corrected chi connectivity index (χ2v) is 10.5. The molecule has 2 atom stereocenters. The van der Waals surface area contributed by atoms with Crippen molar-refractivity contribution in [2.75, 3.05) is 26.2 Å². The van der Waals surface area contributed by atoms with E-state index in [1.165, 1.54) is 16.7 Å². The number of amides is 3. The second kappa shape index (κ2) is 11.1. The first kappa shape index (κ1) is 24.3. The van der Waals surface area contributed by atoms with Gasteiger partial charge in [-0.15, -0.1) is 0 Å². The summed E-state index contributed by atoms with van der Waals surface area (Å²) in [5, 5.41) is 3.03. The van der Waals surface area contributed by atoms with Crippen molar-refractivity contribution in [3.63, 3.8) is 0 Å². The zero-order valence-corrected chi connectivity index (χ0v) is 20.9. The molecule has 4 rings (SSSR count). The lowest BCUT2D eigenvalue weighted by Crippen LogP contribution is -2.53. The van der Waals surface area contributed by atoms with Crippen LogP contribution in [-0.4, -0.2) is 54.0 Å². The molecule has 1 N–H and O–H groups in total. The molecular formula is C29H39N3O2. The minimum Gasteiger partial charge on any atom is -0.342 e. The van der Waals surface area contributed by atoms with Gasteiger partial charge in [0.2, 0.25) is 5.91 Å². The Bertz CT molecular complexity index is 966. The molecule has 2 saturated heterocycles. The van der Waals surface area contributed by atoms with Crippen LogP contribution in [0.25, 0.3) is 0 Å². The van der Waals surface area contributed by atoms with Crippen molar-refractivity contribution in [2.24, 2.45) is 11.8 Å². The van der Waals surface area contributed by atoms with Gasteiger partial charge in [0.25, 0.3) is 0 Å². The highest BCUT2D eigenvalue weighted by molar-refractivity contribution is 5.81. The highest BCUT2D eigenvalue weighted by Gasteiger charge is 2.37. The summed E-state index contributed by atoms with van der Waals surface area (Å²) in [4.78, 5) is 30.4. The number of benzene rings is 2. The molecule has 0 spiro atoms. The van der Waals surface area contributed by atoms with Gasteiger partial charge in [-0.25, -0.2) is 4.79 Å². The van der Waals surface area contributed by atoms with Gasteiger partial charge in [-0.2, -0.15) is 0 Å². The van der Waals surface area contributed by atoms with Crippen molar-refractivity contribution >= 4 is 11.9 Å². The summed E-state index contributed by atoms with van der Waals surface area (Å²) >= 11 is 0. The average molecular weight is 462 g/mol. The van der Waals surface area contributed by atoms with Gasteiger partial charge in [0.1, 0.15) is 0 Å². The summed E-state index contributed by atoms with van der Waals surface area (Å²) in [6, 6.07) is 19.2. The van der Waals surface area contributed by atoms with Crippen LogP contribution in [0, 0.1) is 18.8 Å². The number of piperidine rings is 2. The van der Waals surface area contributed by atoms with Crippen LogP contribution >= 0.6 is 0 Å². The van der Waals surface area contributed by atoms with Crippen molar-refractivity contribution in [3.05, 3.63) is 71.3 Å². The van der Waals surface area contributed by atoms with Gasteiger partial charge >= 0.3 is 6.03 Å². The van der Waals surface area contributed by atoms with Crippen LogP contribution < -0.4 is 5.32 Å². The fourth-order valence-electron chi connectivity index (χ4n) is 5.51. The van der Waals surface area contributed by atoms with Crippen molar-refractivity contribution in [2.45, 2.75) is 58.4 Å². The lowest BCUT2D eigenvalue weighted by atomic mass is 9.82. The van der Waals surface area contributed by atoms with Crippen LogP contribution in [0.1, 0.15) is 55.7 Å². The van der Waals surface area contributed by atoms with Crippen molar-refractivity contribution in [1.29, 1.82) is 0 Å². The van der Waals surface area contributed by atoms with Crippen LogP contribution in [0.15, 0.2) is 54.6 Å². The van der Waals surface area contributed by atoms with E-state index < -0.39 is 0 Å². The maximum Gasteiger partial charge on any atom is 0.317 e. The van der Waals surface area contributed by atoms with E-state index in [9.17, 15) is 9.59 Å². The quantitative estimate of drug-likeness (QED) is 0.681. The Hall–Kier alpha value is -2.82. The third-order valence-electron chi connectivity index (χ3n) is 7.31. The van der Waals surface area contributed by atoms with Gasteiger partial charge < -0.3 is 15.1 Å². The molecule has 2 aromatic rings. The van der Waals surface area contributed by atoms with Crippen molar-refractivity contribution in [3.8, 4) is 0 Å². The third kappa shape index (κ3) is 6.19. The van der Waals surface area contributed by atoms with Crippen molar-refractivity contribution < 1.29 is 9.59 Å². The summed E-state index contributed by atoms with van der Waals surface area (Å²) < 4.78 is 0. The predicted octanol–water partition coefficient (Wildman–Crippen LogP) is 5.00. The number of likely N-dealkylation sites (tertiary alicyclic amines) is 2. The molecule has 2 heterocycles. The highest BCUT2D eigenvalue weighted by atomic mass is 16.2. The Morgan fingerprint density at radius 3 is 2.38 bits per heavy atom. The number of hydrogen-bond donors (Lipinski definition) is 1. The standard InChI is InChI=1S/C29H39N3O2/c1-21(2)30-29(34)32-19-26(25-11-7-8-22(3)16-25)18-27(20-32)28(33)31-14-12-24(13-15-31)17-23-9-5-4-6-10-23/h4-11,16,21,24,26-27H,12-15,17-20H2,1-3H3,(H,30,34). The van der Waals surface area contributed by atoms with E-state index >= 15 is 0 Å². The zero-order chi connectivity index (χ0) is 24.1. The zero-order valence-electron chi connectivity index (χ0n) is 20.9. The molecular weight excluding hydrogens is 422 g/mol. The summed E-state index contributed by atoms with van der Waals surface area (Å²) in [6.07, 6.45) is 3.99. The average Bonchev–Trinajstić information content (AvgIpc) is 2.84. The van der Waals surface area contributed by atoms with Crippen LogP contribution in [0.4, 0.5) is 4.79 Å². The maximum absolute atomic E-state index is 13.6. The molecule has 0 bridgehead atoms. The number of urea groups is 1. The van der Waals surface area contributed by atoms with Gasteiger partial charge in [-0.1, -0.05) is 60.2 Å². The SMILES string of the molecule is Cc1cccc(C2CC(C(=O)N3CCC(Cc4ccccc4)CC3)CN(C(=O)NC(C)C)C2)c1. The molecule has 2 unspecified atom stereocenters. The number of rotatable bonds is 5. The molecule has 2 aromatic carbocycles. The Labute approximate surface area is 204 Å². The van der Waals surface area contributed by atoms with Crippen LogP contribution in [0.3, 0.4) is 0 Å². The number of aryl methyl sites for hydroxylation is 1. The Morgan fingerprint density at radius 1 is 0.971 bits per heavy atom. The first-order valence-corrected chi connectivity index (χ1v) is 12.8. The molecule has 2 aliphatic heterocycles. The summed E-state index contributed by atoms with van der Waals surface area (Å²) in [7, 11) is 0. The number of carbonyl (C=O) groups is 2. The van der Waals surface area contributed by atoms with E-state index in [0.717, 1.165) is 38.8 Å². The molecule has 3 amide bonds. The maximum atomic E-state index is 13.6. The molecule has 182 valence electrons. The van der Waals surface area contributed by atoms with Gasteiger partial charge in [-0.05, 0) is 63.5 Å². The Balaban J connectivity index is 1.42. The Morgan fingerprint density at radius 2 is 1.71 bits per heavy atom. The van der Waals surface area contributed by atoms with E-state index in [1.807, 2.05) is 18.7 Å². The number of hydrogen-bond acceptors (Lipinski definition) is 2. The number of nitrogens with zero attached hydrogens (tertiary/aromatic N) is 2. The fourth-order valence-corrected chi connectivity index (χ4v) is 5.51. The van der Waals surface area contributed by atoms with Gasteiger partial charge in [0.15, 0.2) is 0 Å². The van der Waals surface area contributed by atoms with E-state index in [0.29, 0.717) is 19.0 Å². The first-order valence-electron chi connectivity index (χ1n) is 12.8. The van der Waals surface area contributed by atoms with Crippen molar-refractivity contribution in [1.82, 2.24) is 15.1 Å². The molecule has 2 fully saturated rings. The number of nitrogens with one attached hydrogen (secondary N) is 1. The van der Waals surface area contributed by atoms with Gasteiger partial charge in [-0.3, -0.25) is 4.79 Å². The van der Waals surface area contributed by atoms with Gasteiger partial charge in [0, 0.05) is 38.1 Å². The second-order valence-electron chi connectivity index (χ2n) is 10.5. The lowest BCUT2D eigenvalue weighted by molar-refractivity contribution is -0.138. The van der Waals surface area contributed by atoms with E-state index in [2.05, 4.69) is 71.7 Å². The summed E-state index contributed by atoms with van der Waals surface area (Å²) in [5.74, 6) is 0.878. The van der Waals surface area contributed by atoms with Crippen LogP contribution in [-0.2, 0) is 11.2 Å². The monoisotopic (exact) mass is 461 g/mol. The Kier molecular flexibility index (Phi) is 7.91. The van der Waals surface area contributed by atoms with E-state index in [1.54, 1.807) is 0 Å². The minimum absolute atomic E-state index is 0.0632. The molecule has 5 heteroatoms.